The fourth-order valence-electron chi connectivity index (χ4n) is 3.02. The molecule has 1 atom stereocenters. The minimum atomic E-state index is -1.32. The molecule has 1 aliphatic rings. The van der Waals surface area contributed by atoms with Gasteiger partial charge in [-0.15, -0.1) is 0 Å². The summed E-state index contributed by atoms with van der Waals surface area (Å²) in [5, 5.41) is 10.4. The smallest absolute Gasteiger partial charge is 0.339 e. The molecule has 0 amide bonds. The summed E-state index contributed by atoms with van der Waals surface area (Å²) in [6.07, 6.45) is 2.91. The predicted octanol–water partition coefficient (Wildman–Crippen LogP) is 3.24. The lowest BCUT2D eigenvalue weighted by Crippen LogP contribution is -2.20. The van der Waals surface area contributed by atoms with Gasteiger partial charge in [-0.05, 0) is 72.2 Å². The normalized spacial score (nSPS) is 15.3. The maximum atomic E-state index is 11.9. The molecule has 0 heterocycles. The van der Waals surface area contributed by atoms with Crippen molar-refractivity contribution in [1.82, 2.24) is 0 Å². The molecule has 1 aromatic rings. The van der Waals surface area contributed by atoms with Crippen molar-refractivity contribution in [1.29, 1.82) is 0 Å². The van der Waals surface area contributed by atoms with Gasteiger partial charge in [-0.25, -0.2) is 4.79 Å². The zero-order valence-electron chi connectivity index (χ0n) is 12.7. The summed E-state index contributed by atoms with van der Waals surface area (Å²) in [5.74, 6) is -0.102. The van der Waals surface area contributed by atoms with Crippen molar-refractivity contribution in [2.75, 3.05) is 13.7 Å². The van der Waals surface area contributed by atoms with Crippen LogP contribution in [-0.2, 0) is 22.4 Å². The highest BCUT2D eigenvalue weighted by Crippen LogP contribution is 2.43. The molecule has 0 saturated carbocycles. The van der Waals surface area contributed by atoms with E-state index < -0.39 is 12.1 Å². The van der Waals surface area contributed by atoms with Crippen LogP contribution in [0.25, 0.3) is 0 Å². The van der Waals surface area contributed by atoms with Gasteiger partial charge in [-0.1, -0.05) is 0 Å². The second-order valence-electron chi connectivity index (χ2n) is 5.20. The lowest BCUT2D eigenvalue weighted by atomic mass is 9.84. The van der Waals surface area contributed by atoms with Crippen molar-refractivity contribution in [2.24, 2.45) is 0 Å². The second kappa shape index (κ2) is 6.79. The fourth-order valence-corrected chi connectivity index (χ4v) is 3.83. The van der Waals surface area contributed by atoms with Crippen LogP contribution < -0.4 is 4.74 Å². The van der Waals surface area contributed by atoms with Gasteiger partial charge < -0.3 is 14.6 Å². The van der Waals surface area contributed by atoms with Gasteiger partial charge in [-0.3, -0.25) is 0 Å². The number of benzene rings is 1. The van der Waals surface area contributed by atoms with Gasteiger partial charge in [0, 0.05) is 5.56 Å². The van der Waals surface area contributed by atoms with Crippen LogP contribution in [0, 0.1) is 6.92 Å². The van der Waals surface area contributed by atoms with E-state index >= 15 is 0 Å². The number of ether oxygens (including phenoxy) is 2. The van der Waals surface area contributed by atoms with Gasteiger partial charge in [0.15, 0.2) is 6.10 Å². The first kappa shape index (κ1) is 16.3. The number of fused-ring (bicyclic) bond motifs is 1. The quantitative estimate of drug-likeness (QED) is 0.841. The Labute approximate surface area is 133 Å². The molecule has 116 valence electrons. The maximum Gasteiger partial charge on any atom is 0.339 e. The minimum absolute atomic E-state index is 0.239. The van der Waals surface area contributed by atoms with Crippen LogP contribution in [0.3, 0.4) is 0 Å². The molecule has 5 heteroatoms. The SMILES string of the molecule is CCOC(=O)C(O)c1c(C)c2c(c(Br)c1OC)CCCC2. The number of hydrogen-bond donors (Lipinski definition) is 1. The molecule has 0 fully saturated rings. The summed E-state index contributed by atoms with van der Waals surface area (Å²) >= 11 is 3.58. The molecule has 1 N–H and O–H groups in total. The molecule has 2 rings (SSSR count). The van der Waals surface area contributed by atoms with E-state index in [-0.39, 0.29) is 6.61 Å². The Morgan fingerprint density at radius 1 is 1.33 bits per heavy atom. The molecule has 0 radical (unpaired) electrons. The molecular weight excluding hydrogens is 336 g/mol. The van der Waals surface area contributed by atoms with Crippen molar-refractivity contribution < 1.29 is 19.4 Å². The highest BCUT2D eigenvalue weighted by molar-refractivity contribution is 9.10. The van der Waals surface area contributed by atoms with Gasteiger partial charge in [-0.2, -0.15) is 0 Å². The number of carbonyl (C=O) groups excluding carboxylic acids is 1. The Morgan fingerprint density at radius 2 is 1.95 bits per heavy atom. The van der Waals surface area contributed by atoms with E-state index in [1.807, 2.05) is 6.92 Å². The van der Waals surface area contributed by atoms with E-state index in [0.717, 1.165) is 35.7 Å². The van der Waals surface area contributed by atoms with Gasteiger partial charge in [0.25, 0.3) is 0 Å². The van der Waals surface area contributed by atoms with Crippen molar-refractivity contribution in [3.63, 3.8) is 0 Å². The monoisotopic (exact) mass is 356 g/mol. The number of aliphatic hydroxyl groups is 1. The zero-order valence-corrected chi connectivity index (χ0v) is 14.2. The third-order valence-electron chi connectivity index (χ3n) is 4.02. The first-order valence-electron chi connectivity index (χ1n) is 7.25. The average Bonchev–Trinajstić information content (AvgIpc) is 2.50. The number of carbonyl (C=O) groups is 1. The topological polar surface area (TPSA) is 55.8 Å². The molecule has 0 aromatic heterocycles. The third kappa shape index (κ3) is 2.94. The first-order valence-corrected chi connectivity index (χ1v) is 8.04. The van der Waals surface area contributed by atoms with Crippen LogP contribution in [-0.4, -0.2) is 24.8 Å². The van der Waals surface area contributed by atoms with Gasteiger partial charge in [0.2, 0.25) is 0 Å². The summed E-state index contributed by atoms with van der Waals surface area (Å²) in [6, 6.07) is 0. The third-order valence-corrected chi connectivity index (χ3v) is 4.86. The number of esters is 1. The Kier molecular flexibility index (Phi) is 5.27. The van der Waals surface area contributed by atoms with E-state index in [1.54, 1.807) is 14.0 Å². The Balaban J connectivity index is 2.59. The van der Waals surface area contributed by atoms with E-state index in [1.165, 1.54) is 11.1 Å². The molecule has 21 heavy (non-hydrogen) atoms. The highest BCUT2D eigenvalue weighted by Gasteiger charge is 2.30. The van der Waals surface area contributed by atoms with Crippen LogP contribution in [0.4, 0.5) is 0 Å². The fraction of sp³-hybridized carbons (Fsp3) is 0.562. The summed E-state index contributed by atoms with van der Waals surface area (Å²) in [7, 11) is 1.55. The molecule has 0 spiro atoms. The van der Waals surface area contributed by atoms with Crippen LogP contribution >= 0.6 is 15.9 Å². The highest BCUT2D eigenvalue weighted by atomic mass is 79.9. The summed E-state index contributed by atoms with van der Waals surface area (Å²) in [4.78, 5) is 11.9. The van der Waals surface area contributed by atoms with E-state index in [2.05, 4.69) is 15.9 Å². The number of halogens is 1. The van der Waals surface area contributed by atoms with E-state index in [9.17, 15) is 9.90 Å². The minimum Gasteiger partial charge on any atom is -0.495 e. The van der Waals surface area contributed by atoms with Crippen molar-refractivity contribution in [3.8, 4) is 5.75 Å². The average molecular weight is 357 g/mol. The Hall–Kier alpha value is -1.07. The molecule has 0 saturated heterocycles. The predicted molar refractivity (Wildman–Crippen MR) is 83.7 cm³/mol. The van der Waals surface area contributed by atoms with Crippen LogP contribution in [0.1, 0.15) is 48.1 Å². The maximum absolute atomic E-state index is 11.9. The molecule has 4 nitrogen and oxygen atoms in total. The molecule has 0 bridgehead atoms. The number of aliphatic hydroxyl groups excluding tert-OH is 1. The van der Waals surface area contributed by atoms with Crippen molar-refractivity contribution in [2.45, 2.75) is 45.6 Å². The van der Waals surface area contributed by atoms with E-state index in [4.69, 9.17) is 9.47 Å². The van der Waals surface area contributed by atoms with Crippen LogP contribution in [0.5, 0.6) is 5.75 Å². The van der Waals surface area contributed by atoms with E-state index in [0.29, 0.717) is 11.3 Å². The molecule has 1 aliphatic carbocycles. The second-order valence-corrected chi connectivity index (χ2v) is 6.00. The largest absolute Gasteiger partial charge is 0.495 e. The molecule has 0 aliphatic heterocycles. The number of hydrogen-bond acceptors (Lipinski definition) is 4. The molecular formula is C16H21BrO4. The first-order chi connectivity index (χ1) is 10.0. The Bertz CT molecular complexity index is 554. The summed E-state index contributed by atoms with van der Waals surface area (Å²) in [5.41, 5.74) is 3.90. The lowest BCUT2D eigenvalue weighted by molar-refractivity contribution is -0.153. The summed E-state index contributed by atoms with van der Waals surface area (Å²) in [6.45, 7) is 3.90. The number of methoxy groups -OCH3 is 1. The number of rotatable bonds is 4. The lowest BCUT2D eigenvalue weighted by Gasteiger charge is -2.26. The van der Waals surface area contributed by atoms with Crippen molar-refractivity contribution in [3.05, 3.63) is 26.7 Å². The standard InChI is InChI=1S/C16H21BrO4/c1-4-21-16(19)14(18)12-9(2)10-7-5-6-8-11(10)13(17)15(12)20-3/h14,18H,4-8H2,1-3H3. The van der Waals surface area contributed by atoms with Gasteiger partial charge >= 0.3 is 5.97 Å². The van der Waals surface area contributed by atoms with Gasteiger partial charge in [0.05, 0.1) is 18.2 Å². The molecule has 1 aromatic carbocycles. The zero-order chi connectivity index (χ0) is 15.6. The van der Waals surface area contributed by atoms with Crippen LogP contribution in [0.15, 0.2) is 4.47 Å². The summed E-state index contributed by atoms with van der Waals surface area (Å²) < 4.78 is 11.2. The van der Waals surface area contributed by atoms with Crippen LogP contribution in [0.2, 0.25) is 0 Å². The van der Waals surface area contributed by atoms with Crippen molar-refractivity contribution >= 4 is 21.9 Å². The van der Waals surface area contributed by atoms with Gasteiger partial charge in [0.1, 0.15) is 5.75 Å². The molecule has 1 unspecified atom stereocenters. The Morgan fingerprint density at radius 3 is 2.52 bits per heavy atom.